The van der Waals surface area contributed by atoms with Crippen molar-refractivity contribution in [3.63, 3.8) is 0 Å². The van der Waals surface area contributed by atoms with E-state index in [4.69, 9.17) is 28.3 Å². The number of carbonyl (C=O) groups excluding carboxylic acids is 1. The number of carbonyl (C=O) groups is 2. The van der Waals surface area contributed by atoms with Gasteiger partial charge in [-0.2, -0.15) is 0 Å². The monoisotopic (exact) mass is 309 g/mol. The molecule has 0 aliphatic heterocycles. The van der Waals surface area contributed by atoms with Gasteiger partial charge in [-0.1, -0.05) is 41.4 Å². The van der Waals surface area contributed by atoms with Crippen LogP contribution in [0.25, 0.3) is 0 Å². The van der Waals surface area contributed by atoms with Crippen molar-refractivity contribution >= 4 is 46.3 Å². The van der Waals surface area contributed by atoms with Gasteiger partial charge in [0.2, 0.25) is 0 Å². The van der Waals surface area contributed by atoms with Gasteiger partial charge >= 0.3 is 5.97 Å². The summed E-state index contributed by atoms with van der Waals surface area (Å²) in [7, 11) is 0. The van der Waals surface area contributed by atoms with Crippen LogP contribution in [0.1, 0.15) is 10.4 Å². The number of para-hydroxylation sites is 2. The van der Waals surface area contributed by atoms with Gasteiger partial charge in [-0.05, 0) is 24.3 Å². The third-order valence-electron chi connectivity index (χ3n) is 2.59. The van der Waals surface area contributed by atoms with Crippen LogP contribution in [-0.2, 0) is 4.79 Å². The molecule has 2 aromatic carbocycles. The molecule has 0 heterocycles. The summed E-state index contributed by atoms with van der Waals surface area (Å²) in [6, 6.07) is 11.2. The third kappa shape index (κ3) is 2.92. The molecule has 0 aliphatic rings. The molecule has 0 radical (unpaired) electrons. The van der Waals surface area contributed by atoms with Crippen molar-refractivity contribution in [2.45, 2.75) is 0 Å². The van der Waals surface area contributed by atoms with Gasteiger partial charge in [0, 0.05) is 0 Å². The molecular formula is C14H9Cl2NO3. The van der Waals surface area contributed by atoms with Gasteiger partial charge < -0.3 is 10.4 Å². The summed E-state index contributed by atoms with van der Waals surface area (Å²) < 4.78 is 0. The lowest BCUT2D eigenvalue weighted by atomic mass is 10.1. The Kier molecular flexibility index (Phi) is 4.27. The maximum Gasteiger partial charge on any atom is 0.377 e. The van der Waals surface area contributed by atoms with Crippen LogP contribution in [0.4, 0.5) is 11.4 Å². The van der Waals surface area contributed by atoms with Gasteiger partial charge in [0.25, 0.3) is 5.78 Å². The topological polar surface area (TPSA) is 66.4 Å². The molecule has 0 amide bonds. The summed E-state index contributed by atoms with van der Waals surface area (Å²) in [6.45, 7) is 0. The number of benzene rings is 2. The fraction of sp³-hybridized carbons (Fsp3) is 0. The number of hydrogen-bond donors (Lipinski definition) is 2. The minimum Gasteiger partial charge on any atom is -0.475 e. The van der Waals surface area contributed by atoms with Crippen molar-refractivity contribution < 1.29 is 14.7 Å². The van der Waals surface area contributed by atoms with Gasteiger partial charge in [-0.15, -0.1) is 0 Å². The maximum absolute atomic E-state index is 11.6. The van der Waals surface area contributed by atoms with E-state index in [1.807, 2.05) is 0 Å². The number of aliphatic carboxylic acids is 1. The van der Waals surface area contributed by atoms with Crippen molar-refractivity contribution in [3.8, 4) is 0 Å². The lowest BCUT2D eigenvalue weighted by Gasteiger charge is -2.12. The number of ketones is 1. The van der Waals surface area contributed by atoms with E-state index in [0.717, 1.165) is 0 Å². The summed E-state index contributed by atoms with van der Waals surface area (Å²) in [5.41, 5.74) is 0.785. The summed E-state index contributed by atoms with van der Waals surface area (Å²) in [5.74, 6) is -2.53. The zero-order valence-corrected chi connectivity index (χ0v) is 11.6. The number of halogens is 2. The zero-order valence-electron chi connectivity index (χ0n) is 10.1. The Morgan fingerprint density at radius 3 is 2.15 bits per heavy atom. The molecule has 2 aromatic rings. The lowest BCUT2D eigenvalue weighted by molar-refractivity contribution is -0.131. The molecule has 0 bridgehead atoms. The molecule has 0 spiro atoms. The van der Waals surface area contributed by atoms with Crippen molar-refractivity contribution in [2.24, 2.45) is 0 Å². The van der Waals surface area contributed by atoms with Crippen LogP contribution in [0.3, 0.4) is 0 Å². The molecule has 0 saturated heterocycles. The minimum atomic E-state index is -1.52. The summed E-state index contributed by atoms with van der Waals surface area (Å²) >= 11 is 12.1. The van der Waals surface area contributed by atoms with E-state index in [1.165, 1.54) is 6.07 Å². The average Bonchev–Trinajstić information content (AvgIpc) is 2.42. The smallest absolute Gasteiger partial charge is 0.377 e. The van der Waals surface area contributed by atoms with Gasteiger partial charge in [0.05, 0.1) is 27.0 Å². The molecule has 0 saturated carbocycles. The predicted octanol–water partition coefficient (Wildman–Crippen LogP) is 4.00. The van der Waals surface area contributed by atoms with Crippen LogP contribution in [-0.4, -0.2) is 16.9 Å². The second-order valence-corrected chi connectivity index (χ2v) is 4.72. The first-order valence-electron chi connectivity index (χ1n) is 5.58. The van der Waals surface area contributed by atoms with E-state index in [0.29, 0.717) is 21.4 Å². The number of carboxylic acids is 1. The molecule has 6 heteroatoms. The highest BCUT2D eigenvalue weighted by Crippen LogP contribution is 2.33. The molecule has 4 nitrogen and oxygen atoms in total. The number of nitrogens with one attached hydrogen (secondary N) is 1. The summed E-state index contributed by atoms with van der Waals surface area (Å²) in [6.07, 6.45) is 0. The van der Waals surface area contributed by atoms with Crippen molar-refractivity contribution in [2.75, 3.05) is 5.32 Å². The van der Waals surface area contributed by atoms with Crippen molar-refractivity contribution in [1.29, 1.82) is 0 Å². The number of carboxylic acid groups (broad SMARTS) is 1. The number of hydrogen-bond acceptors (Lipinski definition) is 3. The highest BCUT2D eigenvalue weighted by atomic mass is 35.5. The number of rotatable bonds is 4. The second kappa shape index (κ2) is 5.94. The molecule has 20 heavy (non-hydrogen) atoms. The van der Waals surface area contributed by atoms with Crippen LogP contribution in [0, 0.1) is 0 Å². The molecule has 0 unspecified atom stereocenters. The Bertz CT molecular complexity index is 666. The molecule has 0 atom stereocenters. The molecule has 102 valence electrons. The second-order valence-electron chi connectivity index (χ2n) is 3.90. The van der Waals surface area contributed by atoms with Crippen LogP contribution in [0.2, 0.25) is 10.0 Å². The molecule has 0 fully saturated rings. The fourth-order valence-corrected chi connectivity index (χ4v) is 2.15. The fourth-order valence-electron chi connectivity index (χ4n) is 1.66. The Labute approximate surface area is 124 Å². The van der Waals surface area contributed by atoms with Crippen LogP contribution >= 0.6 is 23.2 Å². The van der Waals surface area contributed by atoms with E-state index >= 15 is 0 Å². The van der Waals surface area contributed by atoms with Gasteiger partial charge in [-0.25, -0.2) is 4.79 Å². The van der Waals surface area contributed by atoms with E-state index in [-0.39, 0.29) is 5.56 Å². The minimum absolute atomic E-state index is 0.0380. The lowest BCUT2D eigenvalue weighted by Crippen LogP contribution is -2.14. The normalized spacial score (nSPS) is 10.1. The van der Waals surface area contributed by atoms with E-state index in [1.54, 1.807) is 36.4 Å². The van der Waals surface area contributed by atoms with Gasteiger partial charge in [0.15, 0.2) is 0 Å². The van der Waals surface area contributed by atoms with E-state index in [9.17, 15) is 9.59 Å². The first-order chi connectivity index (χ1) is 9.50. The third-order valence-corrected chi connectivity index (χ3v) is 3.22. The number of Topliss-reactive ketones (excluding diaryl/α,β-unsaturated/α-hetero) is 1. The average molecular weight is 310 g/mol. The van der Waals surface area contributed by atoms with Crippen LogP contribution < -0.4 is 5.32 Å². The van der Waals surface area contributed by atoms with Crippen LogP contribution in [0.5, 0.6) is 0 Å². The Morgan fingerprint density at radius 1 is 0.950 bits per heavy atom. The maximum atomic E-state index is 11.6. The number of anilines is 2. The van der Waals surface area contributed by atoms with Crippen LogP contribution in [0.15, 0.2) is 42.5 Å². The summed E-state index contributed by atoms with van der Waals surface area (Å²) in [5, 5.41) is 12.4. The highest BCUT2D eigenvalue weighted by molar-refractivity contribution is 6.42. The SMILES string of the molecule is O=C(O)C(=O)c1ccccc1Nc1c(Cl)cccc1Cl. The van der Waals surface area contributed by atoms with E-state index < -0.39 is 11.8 Å². The first-order valence-corrected chi connectivity index (χ1v) is 6.34. The molecule has 0 aliphatic carbocycles. The van der Waals surface area contributed by atoms with Crippen molar-refractivity contribution in [3.05, 3.63) is 58.1 Å². The molecular weight excluding hydrogens is 301 g/mol. The summed E-state index contributed by atoms with van der Waals surface area (Å²) in [4.78, 5) is 22.4. The molecule has 2 rings (SSSR count). The molecule has 2 N–H and O–H groups in total. The Morgan fingerprint density at radius 2 is 1.55 bits per heavy atom. The van der Waals surface area contributed by atoms with E-state index in [2.05, 4.69) is 5.32 Å². The predicted molar refractivity (Wildman–Crippen MR) is 78.2 cm³/mol. The van der Waals surface area contributed by atoms with Crippen molar-refractivity contribution in [1.82, 2.24) is 0 Å². The standard InChI is InChI=1S/C14H9Cl2NO3/c15-9-5-3-6-10(16)12(9)17-11-7-2-1-4-8(11)13(18)14(19)20/h1-7,17H,(H,19,20). The van der Waals surface area contributed by atoms with Gasteiger partial charge in [0.1, 0.15) is 0 Å². The highest BCUT2D eigenvalue weighted by Gasteiger charge is 2.19. The Balaban J connectivity index is 2.45. The van der Waals surface area contributed by atoms with Gasteiger partial charge in [-0.3, -0.25) is 4.79 Å². The largest absolute Gasteiger partial charge is 0.475 e. The quantitative estimate of drug-likeness (QED) is 0.661. The first kappa shape index (κ1) is 14.4. The Hall–Kier alpha value is -2.04. The molecule has 0 aromatic heterocycles. The zero-order chi connectivity index (χ0) is 14.7.